The maximum absolute atomic E-state index is 12.7. The average Bonchev–Trinajstić information content (AvgIpc) is 3.20. The molecule has 5 aliphatic heterocycles. The van der Waals surface area contributed by atoms with E-state index in [1.54, 1.807) is 12.1 Å². The van der Waals surface area contributed by atoms with Gasteiger partial charge in [-0.1, -0.05) is 12.1 Å². The van der Waals surface area contributed by atoms with E-state index in [-0.39, 0.29) is 103 Å². The number of aliphatic hydroxyl groups is 3. The highest BCUT2D eigenvalue weighted by Gasteiger charge is 2.64. The number of phenols is 7. The summed E-state index contributed by atoms with van der Waals surface area (Å²) in [5.41, 5.74) is 1.40. The first-order valence-corrected chi connectivity index (χ1v) is 19.0. The molecule has 0 amide bonds. The molecule has 0 fully saturated rings. The molecule has 0 spiro atoms. The summed E-state index contributed by atoms with van der Waals surface area (Å²) >= 11 is 0. The molecule has 4 bridgehead atoms. The highest BCUT2D eigenvalue weighted by atomic mass is 16.7. The van der Waals surface area contributed by atoms with Gasteiger partial charge in [0.2, 0.25) is 0 Å². The quantitative estimate of drug-likeness (QED) is 0.114. The molecule has 304 valence electrons. The van der Waals surface area contributed by atoms with Gasteiger partial charge in [0.15, 0.2) is 0 Å². The van der Waals surface area contributed by atoms with Crippen molar-refractivity contribution >= 4 is 0 Å². The Morgan fingerprint density at radius 3 is 1.50 bits per heavy atom. The van der Waals surface area contributed by atoms with Crippen LogP contribution >= 0.6 is 0 Å². The van der Waals surface area contributed by atoms with Crippen LogP contribution in [0.25, 0.3) is 0 Å². The maximum Gasteiger partial charge on any atom is 0.305 e. The molecule has 0 unspecified atom stereocenters. The Balaban J connectivity index is 1.19. The number of benzene rings is 6. The first-order valence-electron chi connectivity index (χ1n) is 19.0. The molecule has 8 atom stereocenters. The first kappa shape index (κ1) is 35.9. The van der Waals surface area contributed by atoms with Crippen molar-refractivity contribution in [3.8, 4) is 69.0 Å². The van der Waals surface area contributed by atoms with Crippen molar-refractivity contribution in [2.75, 3.05) is 0 Å². The molecule has 0 saturated heterocycles. The van der Waals surface area contributed by atoms with E-state index >= 15 is 0 Å². The van der Waals surface area contributed by atoms with Crippen molar-refractivity contribution in [3.05, 3.63) is 142 Å². The third kappa shape index (κ3) is 4.75. The molecule has 5 aliphatic rings. The smallest absolute Gasteiger partial charge is 0.305 e. The van der Waals surface area contributed by atoms with E-state index < -0.39 is 59.3 Å². The van der Waals surface area contributed by atoms with Crippen LogP contribution in [0.2, 0.25) is 0 Å². The molecule has 0 aliphatic carbocycles. The van der Waals surface area contributed by atoms with Gasteiger partial charge < -0.3 is 74.7 Å². The molecule has 60 heavy (non-hydrogen) atoms. The predicted molar refractivity (Wildman–Crippen MR) is 205 cm³/mol. The van der Waals surface area contributed by atoms with Crippen molar-refractivity contribution in [1.29, 1.82) is 0 Å². The highest BCUT2D eigenvalue weighted by molar-refractivity contribution is 5.73. The lowest BCUT2D eigenvalue weighted by atomic mass is 9.70. The lowest BCUT2D eigenvalue weighted by Gasteiger charge is -2.53. The Kier molecular flexibility index (Phi) is 7.29. The monoisotopic (exact) mass is 814 g/mol. The number of ether oxygens (including phenoxy) is 5. The summed E-state index contributed by atoms with van der Waals surface area (Å²) in [6.45, 7) is 0. The molecule has 6 aromatic rings. The van der Waals surface area contributed by atoms with Crippen molar-refractivity contribution < 1.29 is 74.7 Å². The van der Waals surface area contributed by atoms with Crippen LogP contribution < -0.4 is 23.7 Å². The minimum Gasteiger partial charge on any atom is -0.508 e. The van der Waals surface area contributed by atoms with Gasteiger partial charge in [-0.3, -0.25) is 0 Å². The number of aliphatic hydroxyl groups excluding tert-OH is 3. The number of hydrogen-bond acceptors (Lipinski definition) is 15. The topological polar surface area (TPSA) is 248 Å². The van der Waals surface area contributed by atoms with Gasteiger partial charge in [0.1, 0.15) is 87.3 Å². The van der Waals surface area contributed by atoms with Crippen LogP contribution in [-0.2, 0) is 18.0 Å². The number of phenolic OH excluding ortho intramolecular Hbond substituents is 7. The zero-order valence-electron chi connectivity index (χ0n) is 30.9. The fourth-order valence-corrected chi connectivity index (χ4v) is 9.55. The molecule has 0 radical (unpaired) electrons. The van der Waals surface area contributed by atoms with E-state index in [1.807, 2.05) is 0 Å². The standard InChI is InChI=1S/C45H34O15/c46-21-7-1-18(2-8-21)39-29(53)15-25-26(50)16-31-35(40(25)56-39)38-34-28(52)17-32-36(41(34)60-45(59-31,43(38)55)20-5-11-23(48)12-6-20)37-33-27(51)13-24(49)14-30(33)57-44(58-32,42(37)54)19-3-9-22(47)10-4-19/h1-14,16-17,29,37-39,42-43,46-55H,15H2/t29-,37-,38-,39-,42-,43-,44+,45-/m1/s1. The van der Waals surface area contributed by atoms with E-state index in [1.165, 1.54) is 78.9 Å². The Labute approximate surface area is 338 Å². The van der Waals surface area contributed by atoms with E-state index in [0.29, 0.717) is 5.56 Å². The minimum absolute atomic E-state index is 0.00846. The summed E-state index contributed by atoms with van der Waals surface area (Å²) in [4.78, 5) is 0. The van der Waals surface area contributed by atoms with Gasteiger partial charge in [-0.25, -0.2) is 0 Å². The molecule has 6 aromatic carbocycles. The van der Waals surface area contributed by atoms with Gasteiger partial charge in [0.05, 0.1) is 17.9 Å². The fourth-order valence-electron chi connectivity index (χ4n) is 9.55. The summed E-state index contributed by atoms with van der Waals surface area (Å²) in [6.07, 6.45) is -5.65. The van der Waals surface area contributed by atoms with Crippen LogP contribution in [0, 0.1) is 0 Å². The molecule has 0 aromatic heterocycles. The average molecular weight is 815 g/mol. The van der Waals surface area contributed by atoms with Gasteiger partial charge in [-0.2, -0.15) is 0 Å². The zero-order chi connectivity index (χ0) is 41.6. The third-order valence-electron chi connectivity index (χ3n) is 12.2. The van der Waals surface area contributed by atoms with Gasteiger partial charge >= 0.3 is 11.6 Å². The SMILES string of the molecule is Oc1ccc([C@H]2Oc3c(c(O)cc4c3[C@H]3c5c(O)cc6c(c5O[C@@](c5ccc(O)cc5)(O4)[C@@H]3O)[C@H]3c4c(O)cc(O)cc4O[C@@](c4ccc(O)cc4)(O6)[C@@H]3O)C[C@H]2O)cc1. The summed E-state index contributed by atoms with van der Waals surface area (Å²) in [5, 5.41) is 113. The van der Waals surface area contributed by atoms with Gasteiger partial charge in [0, 0.05) is 69.6 Å². The lowest BCUT2D eigenvalue weighted by Crippen LogP contribution is -2.59. The van der Waals surface area contributed by atoms with Gasteiger partial charge in [-0.15, -0.1) is 0 Å². The molecule has 5 heterocycles. The molecular formula is C45H34O15. The van der Waals surface area contributed by atoms with Gasteiger partial charge in [0.25, 0.3) is 0 Å². The minimum atomic E-state index is -2.19. The second-order valence-corrected chi connectivity index (χ2v) is 15.6. The number of rotatable bonds is 3. The Morgan fingerprint density at radius 1 is 0.450 bits per heavy atom. The lowest BCUT2D eigenvalue weighted by molar-refractivity contribution is -0.227. The fraction of sp³-hybridized carbons (Fsp3) is 0.200. The van der Waals surface area contributed by atoms with Crippen LogP contribution in [-0.4, -0.2) is 69.4 Å². The van der Waals surface area contributed by atoms with Crippen LogP contribution in [0.4, 0.5) is 0 Å². The Bertz CT molecular complexity index is 2770. The molecular weight excluding hydrogens is 780 g/mol. The molecule has 0 saturated carbocycles. The van der Waals surface area contributed by atoms with Crippen molar-refractivity contribution in [2.24, 2.45) is 0 Å². The summed E-state index contributed by atoms with van der Waals surface area (Å²) < 4.78 is 33.0. The second kappa shape index (κ2) is 12.2. The van der Waals surface area contributed by atoms with E-state index in [2.05, 4.69) is 0 Å². The number of aromatic hydroxyl groups is 7. The van der Waals surface area contributed by atoms with E-state index in [4.69, 9.17) is 23.7 Å². The normalized spacial score (nSPS) is 27.4. The van der Waals surface area contributed by atoms with Crippen LogP contribution in [0.15, 0.2) is 97.1 Å². The van der Waals surface area contributed by atoms with Crippen molar-refractivity contribution in [1.82, 2.24) is 0 Å². The van der Waals surface area contributed by atoms with Crippen molar-refractivity contribution in [3.63, 3.8) is 0 Å². The van der Waals surface area contributed by atoms with Crippen LogP contribution in [0.5, 0.6) is 69.0 Å². The molecule has 15 nitrogen and oxygen atoms in total. The molecule has 11 rings (SSSR count). The zero-order valence-corrected chi connectivity index (χ0v) is 30.9. The van der Waals surface area contributed by atoms with Crippen molar-refractivity contribution in [2.45, 2.75) is 54.2 Å². The summed E-state index contributed by atoms with van der Waals surface area (Å²) in [7, 11) is 0. The summed E-state index contributed by atoms with van der Waals surface area (Å²) in [6, 6.07) is 22.2. The van der Waals surface area contributed by atoms with Crippen LogP contribution in [0.3, 0.4) is 0 Å². The highest BCUT2D eigenvalue weighted by Crippen LogP contribution is 2.67. The first-order chi connectivity index (χ1) is 28.8. The Hall–Kier alpha value is -7.20. The van der Waals surface area contributed by atoms with Gasteiger partial charge in [-0.05, 0) is 66.2 Å². The maximum atomic E-state index is 12.7. The van der Waals surface area contributed by atoms with Crippen LogP contribution in [0.1, 0.15) is 62.4 Å². The molecule has 15 heteroatoms. The van der Waals surface area contributed by atoms with E-state index in [9.17, 15) is 51.1 Å². The predicted octanol–water partition coefficient (Wildman–Crippen LogP) is 4.92. The Morgan fingerprint density at radius 2 is 0.917 bits per heavy atom. The van der Waals surface area contributed by atoms with E-state index in [0.717, 1.165) is 6.07 Å². The second-order valence-electron chi connectivity index (χ2n) is 15.6. The summed E-state index contributed by atoms with van der Waals surface area (Å²) in [5.74, 6) is -8.82. The number of fused-ring (bicyclic) bond motifs is 15. The number of hydrogen-bond donors (Lipinski definition) is 10. The third-order valence-corrected chi connectivity index (χ3v) is 12.2. The largest absolute Gasteiger partial charge is 0.508 e. The molecule has 10 N–H and O–H groups in total.